The van der Waals surface area contributed by atoms with Gasteiger partial charge < -0.3 is 31.1 Å². The Hall–Kier alpha value is -3.30. The lowest BCUT2D eigenvalue weighted by Gasteiger charge is -2.17. The van der Waals surface area contributed by atoms with Crippen LogP contribution in [-0.2, 0) is 14.4 Å². The van der Waals surface area contributed by atoms with E-state index in [1.807, 2.05) is 0 Å². The van der Waals surface area contributed by atoms with E-state index in [4.69, 9.17) is 10.2 Å². The van der Waals surface area contributed by atoms with Gasteiger partial charge in [-0.25, -0.2) is 9.59 Å². The number of carboxylic acids is 3. The van der Waals surface area contributed by atoms with Crippen LogP contribution in [0.15, 0.2) is 24.3 Å². The zero-order valence-corrected chi connectivity index (χ0v) is 13.0. The third kappa shape index (κ3) is 6.77. The van der Waals surface area contributed by atoms with Crippen molar-refractivity contribution in [3.63, 3.8) is 0 Å². The van der Waals surface area contributed by atoms with Crippen LogP contribution in [0.5, 0.6) is 5.75 Å². The number of benzene rings is 1. The molecule has 0 spiro atoms. The summed E-state index contributed by atoms with van der Waals surface area (Å²) in [7, 11) is 0. The predicted octanol–water partition coefficient (Wildman–Crippen LogP) is 0.178. The molecule has 0 saturated heterocycles. The molecule has 6 N–H and O–H groups in total. The second-order valence-electron chi connectivity index (χ2n) is 5.16. The summed E-state index contributed by atoms with van der Waals surface area (Å²) in [6.45, 7) is -0.322. The fraction of sp³-hybridized carbons (Fsp3) is 0.333. The summed E-state index contributed by atoms with van der Waals surface area (Å²) in [6.07, 6.45) is -0.749. The molecular weight excluding hydrogens is 336 g/mol. The number of hydrogen-bond acceptors (Lipinski definition) is 5. The quantitative estimate of drug-likeness (QED) is 0.364. The highest BCUT2D eigenvalue weighted by Crippen LogP contribution is 2.18. The number of nitrogens with one attached hydrogen (secondary N) is 2. The van der Waals surface area contributed by atoms with Crippen molar-refractivity contribution in [1.82, 2.24) is 10.6 Å². The second-order valence-corrected chi connectivity index (χ2v) is 5.16. The molecular formula is C15H18N2O8. The molecule has 10 nitrogen and oxygen atoms in total. The van der Waals surface area contributed by atoms with Gasteiger partial charge in [0.05, 0.1) is 5.92 Å². The van der Waals surface area contributed by atoms with Crippen LogP contribution in [0.3, 0.4) is 0 Å². The Morgan fingerprint density at radius 1 is 0.960 bits per heavy atom. The monoisotopic (exact) mass is 354 g/mol. The molecule has 10 heteroatoms. The molecule has 2 amide bonds. The molecule has 0 bridgehead atoms. The smallest absolute Gasteiger partial charge is 0.326 e. The average Bonchev–Trinajstić information content (AvgIpc) is 2.52. The molecule has 0 saturated carbocycles. The average molecular weight is 354 g/mol. The number of rotatable bonds is 9. The SMILES string of the molecule is O=C(O)CCC(NC(=O)NCC(C(=O)O)c1ccc(O)cc1)C(=O)O. The van der Waals surface area contributed by atoms with Gasteiger partial charge in [0, 0.05) is 13.0 Å². The highest BCUT2D eigenvalue weighted by molar-refractivity contribution is 5.84. The number of carbonyl (C=O) groups is 4. The molecule has 1 aromatic carbocycles. The van der Waals surface area contributed by atoms with Crippen LogP contribution in [0, 0.1) is 0 Å². The minimum Gasteiger partial charge on any atom is -0.508 e. The number of hydrogen-bond donors (Lipinski definition) is 6. The van der Waals surface area contributed by atoms with Gasteiger partial charge in [-0.2, -0.15) is 0 Å². The normalized spacial score (nSPS) is 12.6. The number of aromatic hydroxyl groups is 1. The molecule has 2 atom stereocenters. The highest BCUT2D eigenvalue weighted by Gasteiger charge is 2.24. The van der Waals surface area contributed by atoms with Gasteiger partial charge in [-0.05, 0) is 24.1 Å². The first kappa shape index (κ1) is 19.7. The van der Waals surface area contributed by atoms with Gasteiger partial charge in [0.1, 0.15) is 11.8 Å². The van der Waals surface area contributed by atoms with Crippen molar-refractivity contribution < 1.29 is 39.6 Å². The highest BCUT2D eigenvalue weighted by atomic mass is 16.4. The van der Waals surface area contributed by atoms with Crippen molar-refractivity contribution in [2.24, 2.45) is 0 Å². The van der Waals surface area contributed by atoms with Crippen LogP contribution >= 0.6 is 0 Å². The van der Waals surface area contributed by atoms with Crippen LogP contribution in [0.25, 0.3) is 0 Å². The van der Waals surface area contributed by atoms with Crippen molar-refractivity contribution in [3.05, 3.63) is 29.8 Å². The largest absolute Gasteiger partial charge is 0.508 e. The summed E-state index contributed by atoms with van der Waals surface area (Å²) in [4.78, 5) is 44.5. The van der Waals surface area contributed by atoms with E-state index in [1.165, 1.54) is 24.3 Å². The Bertz CT molecular complexity index is 643. The standard InChI is InChI=1S/C15H18N2O8/c18-9-3-1-8(2-4-9)10(13(21)22)7-16-15(25)17-11(14(23)24)5-6-12(19)20/h1-4,10-11,18H,5-7H2,(H,19,20)(H,21,22)(H,23,24)(H2,16,17,25). The molecule has 0 aromatic heterocycles. The Kier molecular flexibility index (Phi) is 7.19. The number of carbonyl (C=O) groups excluding carboxylic acids is 1. The third-order valence-electron chi connectivity index (χ3n) is 3.31. The van der Waals surface area contributed by atoms with Gasteiger partial charge in [-0.1, -0.05) is 12.1 Å². The fourth-order valence-electron chi connectivity index (χ4n) is 1.98. The maximum absolute atomic E-state index is 11.7. The van der Waals surface area contributed by atoms with Crippen LogP contribution in [-0.4, -0.2) is 57.0 Å². The lowest BCUT2D eigenvalue weighted by atomic mass is 9.99. The molecule has 0 aliphatic heterocycles. The van der Waals surface area contributed by atoms with Crippen LogP contribution in [0.1, 0.15) is 24.3 Å². The maximum Gasteiger partial charge on any atom is 0.326 e. The summed E-state index contributed by atoms with van der Waals surface area (Å²) in [6, 6.07) is 3.05. The topological polar surface area (TPSA) is 173 Å². The van der Waals surface area contributed by atoms with E-state index in [-0.39, 0.29) is 18.7 Å². The van der Waals surface area contributed by atoms with Crippen LogP contribution in [0.4, 0.5) is 4.79 Å². The molecule has 1 aromatic rings. The van der Waals surface area contributed by atoms with E-state index >= 15 is 0 Å². The van der Waals surface area contributed by atoms with Crippen LogP contribution in [0.2, 0.25) is 0 Å². The predicted molar refractivity (Wildman–Crippen MR) is 83.3 cm³/mol. The molecule has 25 heavy (non-hydrogen) atoms. The fourth-order valence-corrected chi connectivity index (χ4v) is 1.98. The minimum atomic E-state index is -1.41. The van der Waals surface area contributed by atoms with Gasteiger partial charge in [0.15, 0.2) is 0 Å². The molecule has 0 fully saturated rings. The molecule has 0 radical (unpaired) electrons. The summed E-state index contributed by atoms with van der Waals surface area (Å²) in [5, 5.41) is 40.3. The van der Waals surface area contributed by atoms with Gasteiger partial charge in [-0.15, -0.1) is 0 Å². The number of phenols is 1. The third-order valence-corrected chi connectivity index (χ3v) is 3.31. The van der Waals surface area contributed by atoms with E-state index in [1.54, 1.807) is 0 Å². The van der Waals surface area contributed by atoms with Crippen molar-refractivity contribution in [2.75, 3.05) is 6.54 Å². The molecule has 1 rings (SSSR count). The number of aliphatic carboxylic acids is 3. The lowest BCUT2D eigenvalue weighted by Crippen LogP contribution is -2.47. The number of phenolic OH excluding ortho intramolecular Hbond substituents is 1. The van der Waals surface area contributed by atoms with Crippen molar-refractivity contribution in [2.45, 2.75) is 24.8 Å². The van der Waals surface area contributed by atoms with Gasteiger partial charge in [0.2, 0.25) is 0 Å². The zero-order chi connectivity index (χ0) is 19.0. The Labute approximate surface area is 142 Å². The summed E-state index contributed by atoms with van der Waals surface area (Å²) in [5.41, 5.74) is 0.339. The Morgan fingerprint density at radius 2 is 1.56 bits per heavy atom. The van der Waals surface area contributed by atoms with E-state index in [0.717, 1.165) is 0 Å². The van der Waals surface area contributed by atoms with E-state index in [2.05, 4.69) is 10.6 Å². The zero-order valence-electron chi connectivity index (χ0n) is 13.0. The first-order chi connectivity index (χ1) is 11.7. The van der Waals surface area contributed by atoms with Gasteiger partial charge in [0.25, 0.3) is 0 Å². The summed E-state index contributed by atoms with van der Waals surface area (Å²) >= 11 is 0. The Balaban J connectivity index is 2.64. The molecule has 0 aliphatic rings. The molecule has 0 heterocycles. The molecule has 136 valence electrons. The van der Waals surface area contributed by atoms with Crippen LogP contribution < -0.4 is 10.6 Å². The van der Waals surface area contributed by atoms with E-state index in [0.29, 0.717) is 5.56 Å². The first-order valence-corrected chi connectivity index (χ1v) is 7.21. The molecule has 0 aliphatic carbocycles. The maximum atomic E-state index is 11.7. The summed E-state index contributed by atoms with van der Waals surface area (Å²) < 4.78 is 0. The van der Waals surface area contributed by atoms with E-state index in [9.17, 15) is 29.4 Å². The minimum absolute atomic E-state index is 0.0404. The van der Waals surface area contributed by atoms with Crippen molar-refractivity contribution in [1.29, 1.82) is 0 Å². The number of urea groups is 1. The van der Waals surface area contributed by atoms with Gasteiger partial charge >= 0.3 is 23.9 Å². The second kappa shape index (κ2) is 9.11. The van der Waals surface area contributed by atoms with Gasteiger partial charge in [-0.3, -0.25) is 9.59 Å². The number of amides is 2. The number of carboxylic acid groups (broad SMARTS) is 3. The first-order valence-electron chi connectivity index (χ1n) is 7.21. The van der Waals surface area contributed by atoms with E-state index < -0.39 is 42.3 Å². The van der Waals surface area contributed by atoms with Crippen molar-refractivity contribution >= 4 is 23.9 Å². The molecule has 2 unspecified atom stereocenters. The Morgan fingerprint density at radius 3 is 2.04 bits per heavy atom. The summed E-state index contributed by atoms with van der Waals surface area (Å²) in [5.74, 6) is -4.96. The van der Waals surface area contributed by atoms with Crippen molar-refractivity contribution in [3.8, 4) is 5.75 Å². The lowest BCUT2D eigenvalue weighted by molar-refractivity contribution is -0.141.